The summed E-state index contributed by atoms with van der Waals surface area (Å²) in [6.07, 6.45) is 2.40. The van der Waals surface area contributed by atoms with Gasteiger partial charge in [-0.1, -0.05) is 17.7 Å². The molecule has 6 heteroatoms. The zero-order valence-electron chi connectivity index (χ0n) is 10.7. The van der Waals surface area contributed by atoms with Crippen LogP contribution in [0.25, 0.3) is 0 Å². The van der Waals surface area contributed by atoms with E-state index in [-0.39, 0.29) is 23.2 Å². The van der Waals surface area contributed by atoms with Gasteiger partial charge in [-0.15, -0.1) is 0 Å². The van der Waals surface area contributed by atoms with Crippen LogP contribution in [0.1, 0.15) is 24.5 Å². The molecule has 108 valence electrons. The number of nitrogens with one attached hydrogen (secondary N) is 1. The van der Waals surface area contributed by atoms with Crippen molar-refractivity contribution in [2.24, 2.45) is 0 Å². The van der Waals surface area contributed by atoms with Crippen molar-refractivity contribution in [3.05, 3.63) is 46.4 Å². The van der Waals surface area contributed by atoms with Crippen LogP contribution in [0.15, 0.2) is 30.0 Å². The molecule has 2 N–H and O–H groups in total. The molecule has 0 spiro atoms. The first-order valence-corrected chi connectivity index (χ1v) is 6.70. The maximum atomic E-state index is 13.3. The second kappa shape index (κ2) is 6.72. The Morgan fingerprint density at radius 1 is 1.55 bits per heavy atom. The standard InChI is InChI=1S/C14H15ClFNO3/c15-10-5-4-9(7-11(10)16)12(18)8-17-14(19)13-3-1-2-6-20-13/h3-5,7,12,18H,1-2,6,8H2,(H,17,19). The number of hydrogen-bond acceptors (Lipinski definition) is 3. The van der Waals surface area contributed by atoms with Gasteiger partial charge in [-0.2, -0.15) is 0 Å². The largest absolute Gasteiger partial charge is 0.488 e. The number of ether oxygens (including phenoxy) is 1. The maximum Gasteiger partial charge on any atom is 0.286 e. The number of rotatable bonds is 4. The van der Waals surface area contributed by atoms with Crippen LogP contribution in [0, 0.1) is 5.82 Å². The van der Waals surface area contributed by atoms with Crippen molar-refractivity contribution in [1.29, 1.82) is 0 Å². The van der Waals surface area contributed by atoms with Gasteiger partial charge in [0, 0.05) is 6.54 Å². The molecule has 1 amide bonds. The fraction of sp³-hybridized carbons (Fsp3) is 0.357. The fourth-order valence-corrected chi connectivity index (χ4v) is 1.95. The summed E-state index contributed by atoms with van der Waals surface area (Å²) in [5.41, 5.74) is 0.353. The highest BCUT2D eigenvalue weighted by molar-refractivity contribution is 6.30. The van der Waals surface area contributed by atoms with Gasteiger partial charge in [0.2, 0.25) is 0 Å². The van der Waals surface area contributed by atoms with E-state index < -0.39 is 11.9 Å². The van der Waals surface area contributed by atoms with Gasteiger partial charge in [0.15, 0.2) is 5.76 Å². The summed E-state index contributed by atoms with van der Waals surface area (Å²) in [6, 6.07) is 4.03. The summed E-state index contributed by atoms with van der Waals surface area (Å²) in [6.45, 7) is 0.491. The van der Waals surface area contributed by atoms with Crippen LogP contribution in [-0.4, -0.2) is 24.2 Å². The predicted molar refractivity (Wildman–Crippen MR) is 72.6 cm³/mol. The molecule has 0 aliphatic carbocycles. The number of hydrogen-bond donors (Lipinski definition) is 2. The molecule has 1 aromatic carbocycles. The smallest absolute Gasteiger partial charge is 0.286 e. The van der Waals surface area contributed by atoms with Crippen LogP contribution in [0.3, 0.4) is 0 Å². The lowest BCUT2D eigenvalue weighted by Crippen LogP contribution is -2.31. The lowest BCUT2D eigenvalue weighted by atomic mass is 10.1. The van der Waals surface area contributed by atoms with Gasteiger partial charge in [0.25, 0.3) is 5.91 Å². The summed E-state index contributed by atoms with van der Waals surface area (Å²) in [5.74, 6) is -0.711. The number of aliphatic hydroxyl groups excluding tert-OH is 1. The molecule has 1 aromatic rings. The van der Waals surface area contributed by atoms with Crippen LogP contribution in [-0.2, 0) is 9.53 Å². The van der Waals surface area contributed by atoms with Gasteiger partial charge >= 0.3 is 0 Å². The Morgan fingerprint density at radius 3 is 3.00 bits per heavy atom. The lowest BCUT2D eigenvalue weighted by molar-refractivity contribution is -0.121. The van der Waals surface area contributed by atoms with E-state index in [4.69, 9.17) is 16.3 Å². The normalized spacial score (nSPS) is 16.1. The number of benzene rings is 1. The van der Waals surface area contributed by atoms with Gasteiger partial charge in [-0.3, -0.25) is 4.79 Å². The highest BCUT2D eigenvalue weighted by Gasteiger charge is 2.16. The topological polar surface area (TPSA) is 58.6 Å². The second-order valence-corrected chi connectivity index (χ2v) is 4.87. The number of halogens is 2. The Hall–Kier alpha value is -1.59. The van der Waals surface area contributed by atoms with Crippen molar-refractivity contribution in [2.45, 2.75) is 18.9 Å². The first-order valence-electron chi connectivity index (χ1n) is 6.32. The molecular weight excluding hydrogens is 285 g/mol. The second-order valence-electron chi connectivity index (χ2n) is 4.46. The molecule has 2 rings (SSSR count). The predicted octanol–water partition coefficient (Wildman–Crippen LogP) is 2.32. The number of allylic oxidation sites excluding steroid dienone is 1. The van der Waals surface area contributed by atoms with E-state index >= 15 is 0 Å². The van der Waals surface area contributed by atoms with Crippen LogP contribution in [0.4, 0.5) is 4.39 Å². The summed E-state index contributed by atoms with van der Waals surface area (Å²) in [4.78, 5) is 11.7. The third-order valence-corrected chi connectivity index (χ3v) is 3.25. The van der Waals surface area contributed by atoms with Crippen LogP contribution >= 0.6 is 11.6 Å². The third-order valence-electron chi connectivity index (χ3n) is 2.94. The monoisotopic (exact) mass is 299 g/mol. The molecule has 1 atom stereocenters. The summed E-state index contributed by atoms with van der Waals surface area (Å²) in [7, 11) is 0. The average molecular weight is 300 g/mol. The molecule has 0 aromatic heterocycles. The van der Waals surface area contributed by atoms with E-state index in [0.717, 1.165) is 18.9 Å². The summed E-state index contributed by atoms with van der Waals surface area (Å²) < 4.78 is 18.5. The van der Waals surface area contributed by atoms with Gasteiger partial charge in [-0.25, -0.2) is 4.39 Å². The molecule has 1 unspecified atom stereocenters. The molecule has 1 heterocycles. The minimum atomic E-state index is -1.00. The van der Waals surface area contributed by atoms with E-state index in [2.05, 4.69) is 5.32 Å². The highest BCUT2D eigenvalue weighted by atomic mass is 35.5. The summed E-state index contributed by atoms with van der Waals surface area (Å²) in [5, 5.41) is 12.4. The number of carbonyl (C=O) groups excluding carboxylic acids is 1. The van der Waals surface area contributed by atoms with Crippen molar-refractivity contribution in [3.8, 4) is 0 Å². The number of aliphatic hydroxyl groups is 1. The molecule has 0 saturated heterocycles. The van der Waals surface area contributed by atoms with Crippen LogP contribution in [0.2, 0.25) is 5.02 Å². The molecule has 0 radical (unpaired) electrons. The van der Waals surface area contributed by atoms with Crippen molar-refractivity contribution in [3.63, 3.8) is 0 Å². The molecule has 4 nitrogen and oxygen atoms in total. The molecule has 0 bridgehead atoms. The van der Waals surface area contributed by atoms with Gasteiger partial charge in [-0.05, 0) is 36.6 Å². The van der Waals surface area contributed by atoms with Crippen molar-refractivity contribution in [1.82, 2.24) is 5.32 Å². The van der Waals surface area contributed by atoms with Crippen LogP contribution < -0.4 is 5.32 Å². The van der Waals surface area contributed by atoms with Gasteiger partial charge in [0.05, 0.1) is 17.7 Å². The zero-order chi connectivity index (χ0) is 14.5. The Morgan fingerprint density at radius 2 is 2.35 bits per heavy atom. The van der Waals surface area contributed by atoms with Gasteiger partial charge < -0.3 is 15.2 Å². The van der Waals surface area contributed by atoms with E-state index in [0.29, 0.717) is 12.2 Å². The van der Waals surface area contributed by atoms with Crippen molar-refractivity contribution in [2.75, 3.05) is 13.2 Å². The van der Waals surface area contributed by atoms with Crippen molar-refractivity contribution >= 4 is 17.5 Å². The Labute approximate surface area is 121 Å². The van der Waals surface area contributed by atoms with Crippen molar-refractivity contribution < 1.29 is 19.0 Å². The summed E-state index contributed by atoms with van der Waals surface area (Å²) >= 11 is 5.56. The lowest BCUT2D eigenvalue weighted by Gasteiger charge is -2.16. The Bertz CT molecular complexity index is 533. The minimum Gasteiger partial charge on any atom is -0.488 e. The zero-order valence-corrected chi connectivity index (χ0v) is 11.5. The molecule has 1 aliphatic heterocycles. The Balaban J connectivity index is 1.91. The van der Waals surface area contributed by atoms with E-state index in [1.165, 1.54) is 12.1 Å². The third kappa shape index (κ3) is 3.71. The van der Waals surface area contributed by atoms with Crippen LogP contribution in [0.5, 0.6) is 0 Å². The highest BCUT2D eigenvalue weighted by Crippen LogP contribution is 2.20. The molecule has 0 fully saturated rings. The van der Waals surface area contributed by atoms with E-state index in [1.807, 2.05) is 0 Å². The first-order chi connectivity index (χ1) is 9.58. The maximum absolute atomic E-state index is 13.3. The number of carbonyl (C=O) groups is 1. The fourth-order valence-electron chi connectivity index (χ4n) is 1.83. The first kappa shape index (κ1) is 14.8. The molecule has 1 aliphatic rings. The minimum absolute atomic E-state index is 0.00857. The Kier molecular flexibility index (Phi) is 4.98. The molecule has 0 saturated carbocycles. The molecule has 20 heavy (non-hydrogen) atoms. The molecular formula is C14H15ClFNO3. The SMILES string of the molecule is O=C(NCC(O)c1ccc(Cl)c(F)c1)C1=CCCCO1. The van der Waals surface area contributed by atoms with Gasteiger partial charge in [0.1, 0.15) is 5.82 Å². The number of amides is 1. The average Bonchev–Trinajstić information content (AvgIpc) is 2.48. The van der Waals surface area contributed by atoms with E-state index in [9.17, 15) is 14.3 Å². The quantitative estimate of drug-likeness (QED) is 0.897. The van der Waals surface area contributed by atoms with E-state index in [1.54, 1.807) is 6.08 Å².